The molecule has 0 aromatic heterocycles. The molecule has 2 aromatic carbocycles. The van der Waals surface area contributed by atoms with Crippen molar-refractivity contribution in [3.8, 4) is 5.75 Å². The summed E-state index contributed by atoms with van der Waals surface area (Å²) < 4.78 is 5.50. The van der Waals surface area contributed by atoms with E-state index in [2.05, 4.69) is 0 Å². The highest BCUT2D eigenvalue weighted by Crippen LogP contribution is 2.80. The highest BCUT2D eigenvalue weighted by atomic mass is 16.5. The van der Waals surface area contributed by atoms with E-state index in [1.165, 1.54) is 6.92 Å². The SMILES string of the molecule is CC[C@]1(C(=O)c2ccc(C)cc2)[C@H]2c3ccccc3OC(=O)[C@]21C(C)=O. The van der Waals surface area contributed by atoms with Crippen LogP contribution in [0.1, 0.15) is 47.7 Å². The van der Waals surface area contributed by atoms with E-state index in [4.69, 9.17) is 4.74 Å². The first-order valence-electron chi connectivity index (χ1n) is 8.85. The Morgan fingerprint density at radius 3 is 2.35 bits per heavy atom. The van der Waals surface area contributed by atoms with E-state index < -0.39 is 22.7 Å². The number of para-hydroxylation sites is 1. The van der Waals surface area contributed by atoms with Crippen molar-refractivity contribution in [2.45, 2.75) is 33.1 Å². The number of ketones is 2. The molecule has 0 radical (unpaired) electrons. The number of fused-ring (bicyclic) bond motifs is 3. The van der Waals surface area contributed by atoms with Crippen molar-refractivity contribution in [3.05, 3.63) is 65.2 Å². The maximum absolute atomic E-state index is 13.5. The molecule has 3 atom stereocenters. The summed E-state index contributed by atoms with van der Waals surface area (Å²) in [6, 6.07) is 14.5. The van der Waals surface area contributed by atoms with Gasteiger partial charge in [-0.05, 0) is 26.3 Å². The molecule has 2 aromatic rings. The average molecular weight is 348 g/mol. The van der Waals surface area contributed by atoms with Crippen molar-refractivity contribution in [2.75, 3.05) is 0 Å². The summed E-state index contributed by atoms with van der Waals surface area (Å²) in [5, 5.41) is 0. The Bertz CT molecular complexity index is 943. The van der Waals surface area contributed by atoms with Gasteiger partial charge in [0.05, 0.1) is 5.41 Å². The van der Waals surface area contributed by atoms with E-state index in [1.54, 1.807) is 24.3 Å². The Labute approximate surface area is 152 Å². The Kier molecular flexibility index (Phi) is 3.45. The number of rotatable bonds is 4. The van der Waals surface area contributed by atoms with Crippen molar-refractivity contribution in [1.82, 2.24) is 0 Å². The first-order valence-corrected chi connectivity index (χ1v) is 8.85. The normalized spacial score (nSPS) is 28.6. The molecule has 0 N–H and O–H groups in total. The number of ether oxygens (including phenoxy) is 1. The lowest BCUT2D eigenvalue weighted by molar-refractivity contribution is -0.148. The number of esters is 1. The summed E-state index contributed by atoms with van der Waals surface area (Å²) in [6.45, 7) is 5.21. The van der Waals surface area contributed by atoms with Crippen molar-refractivity contribution in [3.63, 3.8) is 0 Å². The molecular formula is C22H20O4. The fraction of sp³-hybridized carbons (Fsp3) is 0.318. The third-order valence-corrected chi connectivity index (χ3v) is 6.13. The van der Waals surface area contributed by atoms with Gasteiger partial charge in [0.1, 0.15) is 16.9 Å². The number of carbonyl (C=O) groups excluding carboxylic acids is 3. The minimum atomic E-state index is -1.42. The first kappa shape index (κ1) is 16.7. The molecule has 1 aliphatic heterocycles. The van der Waals surface area contributed by atoms with Crippen molar-refractivity contribution < 1.29 is 19.1 Å². The fourth-order valence-corrected chi connectivity index (χ4v) is 4.90. The largest absolute Gasteiger partial charge is 0.425 e. The van der Waals surface area contributed by atoms with Crippen LogP contribution in [-0.4, -0.2) is 17.5 Å². The van der Waals surface area contributed by atoms with E-state index in [1.807, 2.05) is 38.1 Å². The number of benzene rings is 2. The molecule has 0 spiro atoms. The van der Waals surface area contributed by atoms with Gasteiger partial charge in [-0.15, -0.1) is 0 Å². The van der Waals surface area contributed by atoms with Gasteiger partial charge in [0.2, 0.25) is 0 Å². The predicted octanol–water partition coefficient (Wildman–Crippen LogP) is 3.87. The van der Waals surface area contributed by atoms with Crippen molar-refractivity contribution >= 4 is 17.5 Å². The predicted molar refractivity (Wildman–Crippen MR) is 96.2 cm³/mol. The van der Waals surface area contributed by atoms with Crippen molar-refractivity contribution in [1.29, 1.82) is 0 Å². The Morgan fingerprint density at radius 1 is 1.08 bits per heavy atom. The van der Waals surface area contributed by atoms with E-state index in [-0.39, 0.29) is 11.6 Å². The molecule has 0 amide bonds. The van der Waals surface area contributed by atoms with Crippen LogP contribution in [0.25, 0.3) is 0 Å². The van der Waals surface area contributed by atoms with Gasteiger partial charge >= 0.3 is 5.97 Å². The molecule has 1 fully saturated rings. The Morgan fingerprint density at radius 2 is 1.73 bits per heavy atom. The second-order valence-corrected chi connectivity index (χ2v) is 7.24. The molecular weight excluding hydrogens is 328 g/mol. The molecule has 4 rings (SSSR count). The Hall–Kier alpha value is -2.75. The molecule has 1 aliphatic carbocycles. The minimum absolute atomic E-state index is 0.158. The van der Waals surface area contributed by atoms with Crippen LogP contribution in [0.15, 0.2) is 48.5 Å². The molecule has 4 nitrogen and oxygen atoms in total. The summed E-state index contributed by atoms with van der Waals surface area (Å²) in [5.41, 5.74) is -0.163. The lowest BCUT2D eigenvalue weighted by Gasteiger charge is -2.22. The van der Waals surface area contributed by atoms with Gasteiger partial charge in [0.15, 0.2) is 5.78 Å². The summed E-state index contributed by atoms with van der Waals surface area (Å²) in [4.78, 5) is 39.2. The lowest BCUT2D eigenvalue weighted by atomic mass is 9.81. The second kappa shape index (κ2) is 5.37. The molecule has 0 bridgehead atoms. The summed E-state index contributed by atoms with van der Waals surface area (Å²) >= 11 is 0. The number of hydrogen-bond donors (Lipinski definition) is 0. The molecule has 26 heavy (non-hydrogen) atoms. The van der Waals surface area contributed by atoms with Crippen molar-refractivity contribution in [2.24, 2.45) is 10.8 Å². The zero-order valence-corrected chi connectivity index (χ0v) is 15.0. The van der Waals surface area contributed by atoms with Crippen LogP contribution >= 0.6 is 0 Å². The molecule has 1 saturated carbocycles. The monoisotopic (exact) mass is 348 g/mol. The number of Topliss-reactive ketones (excluding diaryl/α,β-unsaturated/α-hetero) is 2. The third kappa shape index (κ3) is 1.77. The zero-order valence-electron chi connectivity index (χ0n) is 15.0. The van der Waals surface area contributed by atoms with Gasteiger partial charge in [-0.3, -0.25) is 14.4 Å². The topological polar surface area (TPSA) is 60.4 Å². The maximum Gasteiger partial charge on any atom is 0.326 e. The van der Waals surface area contributed by atoms with Crippen LogP contribution in [0.4, 0.5) is 0 Å². The van der Waals surface area contributed by atoms with Gasteiger partial charge in [-0.25, -0.2) is 0 Å². The number of aryl methyl sites for hydroxylation is 1. The first-order chi connectivity index (χ1) is 12.4. The van der Waals surface area contributed by atoms with E-state index in [0.717, 1.165) is 11.1 Å². The quantitative estimate of drug-likeness (QED) is 0.364. The van der Waals surface area contributed by atoms with E-state index in [0.29, 0.717) is 17.7 Å². The highest BCUT2D eigenvalue weighted by Gasteiger charge is 2.87. The van der Waals surface area contributed by atoms with Gasteiger partial charge in [-0.1, -0.05) is 55.0 Å². The standard InChI is InChI=1S/C22H20O4/c1-4-21(19(24)15-11-9-13(2)10-12-15)18-16-7-5-6-8-17(16)26-20(25)22(18,21)14(3)23/h5-12,18H,4H2,1-3H3/t18-,21-,22+/m1/s1. The van der Waals surface area contributed by atoms with Gasteiger partial charge in [0, 0.05) is 17.0 Å². The van der Waals surface area contributed by atoms with Gasteiger partial charge in [-0.2, -0.15) is 0 Å². The highest BCUT2D eigenvalue weighted by molar-refractivity contribution is 6.21. The van der Waals surface area contributed by atoms with Crippen LogP contribution in [0, 0.1) is 17.8 Å². The van der Waals surface area contributed by atoms with Crippen LogP contribution in [0.2, 0.25) is 0 Å². The molecule has 0 saturated heterocycles. The van der Waals surface area contributed by atoms with Crippen LogP contribution in [0.5, 0.6) is 5.75 Å². The molecule has 132 valence electrons. The van der Waals surface area contributed by atoms with Gasteiger partial charge < -0.3 is 4.74 Å². The van der Waals surface area contributed by atoms with Crippen LogP contribution in [0.3, 0.4) is 0 Å². The zero-order chi connectivity index (χ0) is 18.7. The summed E-state index contributed by atoms with van der Waals surface area (Å²) in [5.74, 6) is -1.08. The second-order valence-electron chi connectivity index (χ2n) is 7.24. The van der Waals surface area contributed by atoms with Crippen LogP contribution in [-0.2, 0) is 9.59 Å². The summed E-state index contributed by atoms with van der Waals surface area (Å²) in [6.07, 6.45) is 0.396. The molecule has 0 unspecified atom stereocenters. The third-order valence-electron chi connectivity index (χ3n) is 6.13. The van der Waals surface area contributed by atoms with E-state index in [9.17, 15) is 14.4 Å². The van der Waals surface area contributed by atoms with Crippen LogP contribution < -0.4 is 4.74 Å². The lowest BCUT2D eigenvalue weighted by Crippen LogP contribution is -2.38. The van der Waals surface area contributed by atoms with Gasteiger partial charge in [0.25, 0.3) is 0 Å². The van der Waals surface area contributed by atoms with E-state index >= 15 is 0 Å². The number of carbonyl (C=O) groups is 3. The maximum atomic E-state index is 13.5. The number of hydrogen-bond acceptors (Lipinski definition) is 4. The average Bonchev–Trinajstić information content (AvgIpc) is 3.29. The molecule has 1 heterocycles. The fourth-order valence-electron chi connectivity index (χ4n) is 4.90. The summed E-state index contributed by atoms with van der Waals surface area (Å²) in [7, 11) is 0. The Balaban J connectivity index is 1.93. The smallest absolute Gasteiger partial charge is 0.326 e. The molecule has 4 heteroatoms. The minimum Gasteiger partial charge on any atom is -0.425 e. The molecule has 2 aliphatic rings.